The maximum Gasteiger partial charge on any atom is 0.133 e. The van der Waals surface area contributed by atoms with Crippen molar-refractivity contribution in [1.29, 1.82) is 0 Å². The molecular formula is C76H71N3O3S. The fourth-order valence-electron chi connectivity index (χ4n) is 9.16. The predicted octanol–water partition coefficient (Wildman–Crippen LogP) is 20.2. The summed E-state index contributed by atoms with van der Waals surface area (Å²) < 4.78 is 15.0. The van der Waals surface area contributed by atoms with Gasteiger partial charge in [0.25, 0.3) is 0 Å². The summed E-state index contributed by atoms with van der Waals surface area (Å²) in [6.45, 7) is 0.860. The van der Waals surface area contributed by atoms with E-state index in [0.29, 0.717) is 0 Å². The Bertz CT molecular complexity index is 3310. The average molecular weight is 1110 g/mol. The van der Waals surface area contributed by atoms with E-state index in [1.165, 1.54) is 77.4 Å². The van der Waals surface area contributed by atoms with E-state index in [4.69, 9.17) is 9.15 Å². The molecule has 8 aromatic carbocycles. The molecule has 6 aromatic heterocycles. The minimum absolute atomic E-state index is 0.860. The Labute approximate surface area is 493 Å². The minimum atomic E-state index is 0.860. The van der Waals surface area contributed by atoms with Crippen molar-refractivity contribution >= 4 is 54.8 Å². The molecule has 2 aliphatic carbocycles. The van der Waals surface area contributed by atoms with Gasteiger partial charge < -0.3 is 13.6 Å². The lowest BCUT2D eigenvalue weighted by Crippen LogP contribution is -2.00. The molecular weight excluding hydrogens is 1030 g/mol. The molecule has 6 nitrogen and oxygen atoms in total. The molecule has 17 rings (SSSR count). The van der Waals surface area contributed by atoms with Gasteiger partial charge in [0.15, 0.2) is 0 Å². The van der Waals surface area contributed by atoms with E-state index >= 15 is 0 Å². The van der Waals surface area contributed by atoms with Gasteiger partial charge in [-0.25, -0.2) is 0 Å². The number of fused-ring (bicyclic) bond motifs is 7. The third kappa shape index (κ3) is 21.4. The van der Waals surface area contributed by atoms with E-state index in [9.17, 15) is 0 Å². The molecule has 7 heteroatoms. The molecule has 3 aliphatic rings. The summed E-state index contributed by atoms with van der Waals surface area (Å²) in [6, 6.07) is 88.0. The molecule has 414 valence electrons. The van der Waals surface area contributed by atoms with Crippen LogP contribution in [-0.2, 0) is 32.1 Å². The fraction of sp³-hybridized carbons (Fsp3) is 0.118. The van der Waals surface area contributed by atoms with Gasteiger partial charge in [-0.05, 0) is 166 Å². The quantitative estimate of drug-likeness (QED) is 0.151. The van der Waals surface area contributed by atoms with E-state index in [1.54, 1.807) is 64.8 Å². The Morgan fingerprint density at radius 2 is 0.807 bits per heavy atom. The van der Waals surface area contributed by atoms with Crippen molar-refractivity contribution in [3.8, 4) is 5.75 Å². The Morgan fingerprint density at radius 1 is 0.313 bits per heavy atom. The highest BCUT2D eigenvalue weighted by Crippen LogP contribution is 2.24. The van der Waals surface area contributed by atoms with E-state index in [2.05, 4.69) is 147 Å². The predicted molar refractivity (Wildman–Crippen MR) is 348 cm³/mol. The lowest BCUT2D eigenvalue weighted by Gasteiger charge is -2.13. The molecule has 0 fully saturated rings. The second kappa shape index (κ2) is 35.8. The van der Waals surface area contributed by atoms with Crippen LogP contribution >= 0.6 is 11.3 Å². The number of aryl methyl sites for hydroxylation is 4. The summed E-state index contributed by atoms with van der Waals surface area (Å²) in [4.78, 5) is 12.0. The van der Waals surface area contributed by atoms with Crippen LogP contribution in [0.1, 0.15) is 47.1 Å². The van der Waals surface area contributed by atoms with Gasteiger partial charge in [0.05, 0.1) is 30.9 Å². The van der Waals surface area contributed by atoms with Crippen LogP contribution in [0, 0.1) is 0 Å². The van der Waals surface area contributed by atoms with Crippen LogP contribution in [0.25, 0.3) is 43.4 Å². The van der Waals surface area contributed by atoms with Crippen LogP contribution in [-0.4, -0.2) is 21.6 Å². The van der Waals surface area contributed by atoms with Crippen molar-refractivity contribution in [2.24, 2.45) is 0 Å². The van der Waals surface area contributed by atoms with E-state index in [1.807, 2.05) is 163 Å². The van der Waals surface area contributed by atoms with Crippen molar-refractivity contribution in [3.63, 3.8) is 0 Å². The van der Waals surface area contributed by atoms with Crippen LogP contribution < -0.4 is 4.74 Å². The van der Waals surface area contributed by atoms with Crippen molar-refractivity contribution in [2.45, 2.75) is 51.4 Å². The topological polar surface area (TPSA) is 74.2 Å². The van der Waals surface area contributed by atoms with Crippen molar-refractivity contribution in [3.05, 3.63) is 349 Å². The maximum atomic E-state index is 5.30. The molecule has 83 heavy (non-hydrogen) atoms. The number of thiophene rings is 1. The molecule has 0 amide bonds. The van der Waals surface area contributed by atoms with Gasteiger partial charge in [-0.2, -0.15) is 11.3 Å². The van der Waals surface area contributed by atoms with Crippen molar-refractivity contribution in [1.82, 2.24) is 15.0 Å². The first kappa shape index (κ1) is 59.4. The second-order valence-corrected chi connectivity index (χ2v) is 20.0. The Morgan fingerprint density at radius 3 is 1.30 bits per heavy atom. The molecule has 0 spiro atoms. The summed E-state index contributed by atoms with van der Waals surface area (Å²) >= 11 is 1.71. The summed E-state index contributed by atoms with van der Waals surface area (Å²) in [6.07, 6.45) is 24.4. The number of benzene rings is 8. The van der Waals surface area contributed by atoms with E-state index in [0.717, 1.165) is 35.3 Å². The number of ether oxygens (including phenoxy) is 1. The highest BCUT2D eigenvalue weighted by molar-refractivity contribution is 7.07. The van der Waals surface area contributed by atoms with Gasteiger partial charge in [0.2, 0.25) is 0 Å². The molecule has 0 atom stereocenters. The molecule has 0 unspecified atom stereocenters. The third-order valence-corrected chi connectivity index (χ3v) is 14.0. The van der Waals surface area contributed by atoms with Crippen LogP contribution in [0.15, 0.2) is 330 Å². The smallest absolute Gasteiger partial charge is 0.133 e. The number of pyridine rings is 3. The first-order chi connectivity index (χ1) is 41.3. The fourth-order valence-corrected chi connectivity index (χ4v) is 9.61. The number of hydrogen-bond acceptors (Lipinski definition) is 7. The van der Waals surface area contributed by atoms with Crippen LogP contribution in [0.4, 0.5) is 0 Å². The monoisotopic (exact) mass is 1110 g/mol. The maximum absolute atomic E-state index is 5.30. The Hall–Kier alpha value is -9.69. The minimum Gasteiger partial charge on any atom is -0.493 e. The first-order valence-electron chi connectivity index (χ1n) is 28.3. The van der Waals surface area contributed by atoms with Crippen LogP contribution in [0.5, 0.6) is 5.75 Å². The molecule has 7 heterocycles. The molecule has 0 saturated carbocycles. The largest absolute Gasteiger partial charge is 0.493 e. The summed E-state index contributed by atoms with van der Waals surface area (Å²) in [7, 11) is 0. The van der Waals surface area contributed by atoms with Crippen molar-refractivity contribution in [2.75, 3.05) is 6.61 Å². The summed E-state index contributed by atoms with van der Waals surface area (Å²) in [5, 5.41) is 11.5. The van der Waals surface area contributed by atoms with Gasteiger partial charge in [0.1, 0.15) is 11.3 Å². The van der Waals surface area contributed by atoms with Crippen LogP contribution in [0.3, 0.4) is 0 Å². The highest BCUT2D eigenvalue weighted by atomic mass is 32.1. The zero-order valence-electron chi connectivity index (χ0n) is 46.9. The average Bonchev–Trinajstić information content (AvgIpc) is 4.47. The van der Waals surface area contributed by atoms with Gasteiger partial charge in [-0.15, -0.1) is 0 Å². The highest BCUT2D eigenvalue weighted by Gasteiger charge is 2.09. The van der Waals surface area contributed by atoms with Crippen LogP contribution in [0.2, 0.25) is 0 Å². The van der Waals surface area contributed by atoms with Gasteiger partial charge in [-0.1, -0.05) is 200 Å². The molecule has 0 radical (unpaired) electrons. The first-order valence-corrected chi connectivity index (χ1v) is 29.3. The lowest BCUT2D eigenvalue weighted by atomic mass is 9.92. The summed E-state index contributed by atoms with van der Waals surface area (Å²) in [5.74, 6) is 1.07. The number of para-hydroxylation sites is 3. The molecule has 0 bridgehead atoms. The molecule has 14 aromatic rings. The van der Waals surface area contributed by atoms with E-state index < -0.39 is 0 Å². The molecule has 1 aliphatic heterocycles. The second-order valence-electron chi connectivity index (χ2n) is 19.1. The third-order valence-electron chi connectivity index (χ3n) is 13.4. The molecule has 0 saturated heterocycles. The zero-order valence-corrected chi connectivity index (χ0v) is 47.8. The SMILES string of the molecule is c1ccc2c(c1)CCC2.c1ccc2c(c1)CCCC2.c1ccc2c(c1)CCO2.c1ccc2ccccc2c1.c1ccc2cnccc2c1.c1ccc2ncccc2c1.c1ccc2occc2c1.c1ccncc1.c1ccoc1.c1ccsc1. The number of nitrogens with zero attached hydrogens (tertiary/aromatic N) is 3. The van der Waals surface area contributed by atoms with Gasteiger partial charge in [-0.3, -0.25) is 15.0 Å². The lowest BCUT2D eigenvalue weighted by molar-refractivity contribution is 0.357. The number of rotatable bonds is 0. The Kier molecular flexibility index (Phi) is 25.7. The van der Waals surface area contributed by atoms with Gasteiger partial charge in [0, 0.05) is 48.2 Å². The molecule has 0 N–H and O–H groups in total. The standard InChI is InChI=1S/C10H12.C10H8.2C9H7N.C9H10.C8H8O.C8H6O.C5H5N.C4H4O.C4H4S/c2*1-2-6-10-8-4-3-7-9(10)5-1;1-2-6-9-8(4-1)5-3-7-10-9;1-2-4-9-7-10-6-5-8(9)3-1;1-2-5-9-7-3-6-8(9)4-1;2*1-2-4-8-7(3-1)5-6-9-8;1-2-4-6-5-3-1;2*1-2-4-5-3-1/h1-2,5-6H,3-4,7-8H2;1-8H;2*1-7H;1-2,4-5H,3,6-7H2;1-4H,5-6H2;1-6H;1-5H;2*1-4H. The van der Waals surface area contributed by atoms with Crippen molar-refractivity contribution < 1.29 is 13.6 Å². The number of hydrogen-bond donors (Lipinski definition) is 0. The zero-order chi connectivity index (χ0) is 56.9. The number of aromatic nitrogens is 3. The van der Waals surface area contributed by atoms with Gasteiger partial charge >= 0.3 is 0 Å². The summed E-state index contributed by atoms with van der Waals surface area (Å²) in [5.41, 5.74) is 9.65. The normalized spacial score (nSPS) is 11.5. The van der Waals surface area contributed by atoms with E-state index in [-0.39, 0.29) is 0 Å². The Balaban J connectivity index is 0.000000121. The number of furan rings is 2.